The Labute approximate surface area is 112 Å². The molecule has 0 aliphatic heterocycles. The van der Waals surface area contributed by atoms with Gasteiger partial charge in [0.1, 0.15) is 11.6 Å². The summed E-state index contributed by atoms with van der Waals surface area (Å²) in [5.74, 6) is -1.07. The summed E-state index contributed by atoms with van der Waals surface area (Å²) in [6.07, 6.45) is 0.550. The fourth-order valence-electron chi connectivity index (χ4n) is 2.24. The molecule has 0 aromatic heterocycles. The molecular weight excluding hydrogens is 244 g/mol. The van der Waals surface area contributed by atoms with E-state index in [0.717, 1.165) is 11.6 Å². The van der Waals surface area contributed by atoms with Crippen LogP contribution in [0.5, 0.6) is 0 Å². The molecule has 1 nitrogen and oxygen atoms in total. The molecule has 0 aliphatic rings. The molecule has 1 unspecified atom stereocenters. The Balaban J connectivity index is 2.23. The van der Waals surface area contributed by atoms with Gasteiger partial charge >= 0.3 is 0 Å². The third kappa shape index (κ3) is 3.61. The van der Waals surface area contributed by atoms with Crippen molar-refractivity contribution in [2.45, 2.75) is 19.4 Å². The van der Waals surface area contributed by atoms with Crippen molar-refractivity contribution in [3.05, 3.63) is 70.8 Å². The molecule has 2 rings (SSSR count). The zero-order chi connectivity index (χ0) is 13.8. The maximum Gasteiger partial charge on any atom is 0.126 e. The second-order valence-electron chi connectivity index (χ2n) is 4.74. The van der Waals surface area contributed by atoms with Crippen LogP contribution in [-0.4, -0.2) is 7.05 Å². The highest BCUT2D eigenvalue weighted by Gasteiger charge is 2.11. The number of hydrogen-bond donors (Lipinski definition) is 1. The van der Waals surface area contributed by atoms with Crippen LogP contribution in [0, 0.1) is 18.6 Å². The van der Waals surface area contributed by atoms with Crippen LogP contribution in [0.2, 0.25) is 0 Å². The van der Waals surface area contributed by atoms with E-state index in [0.29, 0.717) is 12.0 Å². The normalized spacial score (nSPS) is 12.4. The minimum Gasteiger partial charge on any atom is -0.313 e. The summed E-state index contributed by atoms with van der Waals surface area (Å²) in [5.41, 5.74) is 2.94. The van der Waals surface area contributed by atoms with Crippen LogP contribution < -0.4 is 5.32 Å². The molecule has 0 fully saturated rings. The molecule has 19 heavy (non-hydrogen) atoms. The molecule has 0 heterocycles. The predicted octanol–water partition coefficient (Wildman–Crippen LogP) is 3.78. The van der Waals surface area contributed by atoms with E-state index >= 15 is 0 Å². The minimum atomic E-state index is -0.533. The first-order valence-corrected chi connectivity index (χ1v) is 6.27. The van der Waals surface area contributed by atoms with Gasteiger partial charge in [0.05, 0.1) is 0 Å². The summed E-state index contributed by atoms with van der Waals surface area (Å²) in [6, 6.07) is 11.8. The van der Waals surface area contributed by atoms with Gasteiger partial charge in [0, 0.05) is 12.1 Å². The van der Waals surface area contributed by atoms with Gasteiger partial charge in [-0.05, 0) is 43.7 Å². The third-order valence-corrected chi connectivity index (χ3v) is 3.16. The fraction of sp³-hybridized carbons (Fsp3) is 0.250. The molecule has 2 aromatic rings. The zero-order valence-corrected chi connectivity index (χ0v) is 11.1. The van der Waals surface area contributed by atoms with Crippen molar-refractivity contribution < 1.29 is 8.78 Å². The van der Waals surface area contributed by atoms with Gasteiger partial charge in [-0.1, -0.05) is 29.8 Å². The number of hydrogen-bond acceptors (Lipinski definition) is 1. The maximum atomic E-state index is 13.2. The summed E-state index contributed by atoms with van der Waals surface area (Å²) in [6.45, 7) is 2.03. The second-order valence-corrected chi connectivity index (χ2v) is 4.74. The Hall–Kier alpha value is -1.74. The van der Waals surface area contributed by atoms with E-state index in [1.54, 1.807) is 0 Å². The number of likely N-dealkylation sites (N-methyl/N-ethyl adjacent to an activating group) is 1. The van der Waals surface area contributed by atoms with E-state index in [9.17, 15) is 8.78 Å². The predicted molar refractivity (Wildman–Crippen MR) is 73.0 cm³/mol. The van der Waals surface area contributed by atoms with Gasteiger partial charge in [0.2, 0.25) is 0 Å². The molecule has 0 bridgehead atoms. The number of aryl methyl sites for hydroxylation is 1. The highest BCUT2D eigenvalue weighted by molar-refractivity contribution is 5.28. The molecule has 0 amide bonds. The Morgan fingerprint density at radius 2 is 1.74 bits per heavy atom. The van der Waals surface area contributed by atoms with Crippen LogP contribution in [0.4, 0.5) is 8.78 Å². The first-order chi connectivity index (χ1) is 9.08. The summed E-state index contributed by atoms with van der Waals surface area (Å²) in [4.78, 5) is 0. The number of halogens is 2. The monoisotopic (exact) mass is 261 g/mol. The molecule has 0 saturated carbocycles. The van der Waals surface area contributed by atoms with Gasteiger partial charge < -0.3 is 5.32 Å². The van der Waals surface area contributed by atoms with Crippen LogP contribution in [-0.2, 0) is 6.42 Å². The van der Waals surface area contributed by atoms with Crippen molar-refractivity contribution in [1.29, 1.82) is 0 Å². The largest absolute Gasteiger partial charge is 0.313 e. The number of rotatable bonds is 4. The minimum absolute atomic E-state index is 0.0427. The highest BCUT2D eigenvalue weighted by atomic mass is 19.1. The quantitative estimate of drug-likeness (QED) is 0.883. The van der Waals surface area contributed by atoms with E-state index in [2.05, 4.69) is 11.4 Å². The summed E-state index contributed by atoms with van der Waals surface area (Å²) in [5, 5.41) is 3.19. The SMILES string of the molecule is CNC(Cc1cc(F)cc(F)c1)c1cccc(C)c1. The van der Waals surface area contributed by atoms with Gasteiger partial charge in [-0.2, -0.15) is 0 Å². The lowest BCUT2D eigenvalue weighted by Gasteiger charge is -2.17. The molecule has 0 aliphatic carbocycles. The molecule has 0 radical (unpaired) electrons. The standard InChI is InChI=1S/C16H17F2N/c1-11-4-3-5-13(6-11)16(19-2)9-12-7-14(17)10-15(18)8-12/h3-8,10,16,19H,9H2,1-2H3. The molecule has 1 atom stereocenters. The van der Waals surface area contributed by atoms with Gasteiger partial charge in [0.25, 0.3) is 0 Å². The zero-order valence-electron chi connectivity index (χ0n) is 11.1. The average Bonchev–Trinajstić information content (AvgIpc) is 2.34. The van der Waals surface area contributed by atoms with E-state index < -0.39 is 11.6 Å². The maximum absolute atomic E-state index is 13.2. The summed E-state index contributed by atoms with van der Waals surface area (Å²) < 4.78 is 26.4. The van der Waals surface area contributed by atoms with E-state index in [1.807, 2.05) is 32.2 Å². The Morgan fingerprint density at radius 1 is 1.05 bits per heavy atom. The lowest BCUT2D eigenvalue weighted by molar-refractivity contribution is 0.562. The lowest BCUT2D eigenvalue weighted by Crippen LogP contribution is -2.19. The van der Waals surface area contributed by atoms with E-state index in [4.69, 9.17) is 0 Å². The average molecular weight is 261 g/mol. The van der Waals surface area contributed by atoms with Crippen LogP contribution >= 0.6 is 0 Å². The molecule has 1 N–H and O–H groups in total. The Morgan fingerprint density at radius 3 is 2.32 bits per heavy atom. The van der Waals surface area contributed by atoms with Crippen molar-refractivity contribution in [3.8, 4) is 0 Å². The fourth-order valence-corrected chi connectivity index (χ4v) is 2.24. The smallest absolute Gasteiger partial charge is 0.126 e. The Kier molecular flexibility index (Phi) is 4.27. The Bertz CT molecular complexity index is 546. The van der Waals surface area contributed by atoms with E-state index in [1.165, 1.54) is 17.7 Å². The van der Waals surface area contributed by atoms with Gasteiger partial charge in [-0.3, -0.25) is 0 Å². The third-order valence-electron chi connectivity index (χ3n) is 3.16. The molecular formula is C16H17F2N. The van der Waals surface area contributed by atoms with Crippen molar-refractivity contribution in [1.82, 2.24) is 5.32 Å². The van der Waals surface area contributed by atoms with E-state index in [-0.39, 0.29) is 6.04 Å². The molecule has 3 heteroatoms. The van der Waals surface area contributed by atoms with Crippen LogP contribution in [0.15, 0.2) is 42.5 Å². The topological polar surface area (TPSA) is 12.0 Å². The van der Waals surface area contributed by atoms with Crippen molar-refractivity contribution in [2.24, 2.45) is 0 Å². The van der Waals surface area contributed by atoms with Gasteiger partial charge in [-0.15, -0.1) is 0 Å². The molecule has 2 aromatic carbocycles. The van der Waals surface area contributed by atoms with Crippen LogP contribution in [0.3, 0.4) is 0 Å². The molecule has 100 valence electrons. The first kappa shape index (κ1) is 13.7. The van der Waals surface area contributed by atoms with Crippen molar-refractivity contribution in [2.75, 3.05) is 7.05 Å². The molecule has 0 saturated heterocycles. The second kappa shape index (κ2) is 5.93. The van der Waals surface area contributed by atoms with Crippen molar-refractivity contribution in [3.63, 3.8) is 0 Å². The van der Waals surface area contributed by atoms with Crippen LogP contribution in [0.25, 0.3) is 0 Å². The highest BCUT2D eigenvalue weighted by Crippen LogP contribution is 2.20. The first-order valence-electron chi connectivity index (χ1n) is 6.27. The summed E-state index contributed by atoms with van der Waals surface area (Å²) >= 11 is 0. The van der Waals surface area contributed by atoms with Gasteiger partial charge in [0.15, 0.2) is 0 Å². The van der Waals surface area contributed by atoms with Crippen LogP contribution in [0.1, 0.15) is 22.7 Å². The number of nitrogens with one attached hydrogen (secondary N) is 1. The summed E-state index contributed by atoms with van der Waals surface area (Å²) in [7, 11) is 1.85. The lowest BCUT2D eigenvalue weighted by atomic mass is 9.97. The molecule has 0 spiro atoms. The van der Waals surface area contributed by atoms with Crippen molar-refractivity contribution >= 4 is 0 Å². The van der Waals surface area contributed by atoms with Gasteiger partial charge in [-0.25, -0.2) is 8.78 Å². The number of benzene rings is 2.